The van der Waals surface area contributed by atoms with Gasteiger partial charge in [0.2, 0.25) is 0 Å². The van der Waals surface area contributed by atoms with Crippen molar-refractivity contribution in [3.63, 3.8) is 0 Å². The van der Waals surface area contributed by atoms with E-state index in [2.05, 4.69) is 21.0 Å². The molecule has 0 aliphatic carbocycles. The molecule has 1 aliphatic rings. The number of aliphatic hydroxyl groups is 3. The zero-order valence-electron chi connectivity index (χ0n) is 8.63. The van der Waals surface area contributed by atoms with E-state index >= 15 is 0 Å². The standard InChI is InChI=1S/C9H11N2O5Se/c12-3-4-6(14)7(15)8(16-4)11-2-1-5(13)10-9(11)17/h1-2,4,6-8,12,14-15H,3H2/t4-,6?,7+,8-/m1/s1. The Morgan fingerprint density at radius 3 is 2.71 bits per heavy atom. The molecule has 17 heavy (non-hydrogen) atoms. The van der Waals surface area contributed by atoms with Gasteiger partial charge >= 0.3 is 104 Å². The molecule has 4 atom stereocenters. The summed E-state index contributed by atoms with van der Waals surface area (Å²) in [5, 5.41) is 28.3. The van der Waals surface area contributed by atoms with Crippen molar-refractivity contribution < 1.29 is 20.1 Å². The van der Waals surface area contributed by atoms with Crippen LogP contribution in [-0.2, 0) is 4.74 Å². The molecule has 1 unspecified atom stereocenters. The molecule has 0 aromatic carbocycles. The van der Waals surface area contributed by atoms with Crippen molar-refractivity contribution in [3.8, 4) is 0 Å². The maximum absolute atomic E-state index is 11.0. The average Bonchev–Trinajstić information content (AvgIpc) is 2.57. The second-order valence-electron chi connectivity index (χ2n) is 3.68. The Balaban J connectivity index is 2.32. The maximum atomic E-state index is 11.0. The zero-order valence-corrected chi connectivity index (χ0v) is 10.3. The summed E-state index contributed by atoms with van der Waals surface area (Å²) in [5.41, 5.74) is -0.415. The van der Waals surface area contributed by atoms with Crippen molar-refractivity contribution in [1.29, 1.82) is 0 Å². The molecule has 0 bridgehead atoms. The number of aliphatic hydroxyl groups excluding tert-OH is 3. The third-order valence-electron chi connectivity index (χ3n) is 2.60. The molecule has 8 heteroatoms. The van der Waals surface area contributed by atoms with Crippen LogP contribution in [0.4, 0.5) is 0 Å². The summed E-state index contributed by atoms with van der Waals surface area (Å²) in [6.45, 7) is -0.398. The molecule has 7 nitrogen and oxygen atoms in total. The number of hydrogen-bond donors (Lipinski definition) is 3. The summed E-state index contributed by atoms with van der Waals surface area (Å²) in [4.78, 5) is 14.6. The Kier molecular flexibility index (Phi) is 3.62. The summed E-state index contributed by atoms with van der Waals surface area (Å²) in [6, 6.07) is 1.22. The molecule has 0 saturated carbocycles. The Bertz CT molecular complexity index is 465. The Hall–Kier alpha value is -0.761. The molecular weight excluding hydrogens is 295 g/mol. The first-order valence-electron chi connectivity index (χ1n) is 4.93. The molecule has 0 amide bonds. The fraction of sp³-hybridized carbons (Fsp3) is 0.556. The van der Waals surface area contributed by atoms with Gasteiger partial charge in [-0.25, -0.2) is 0 Å². The molecule has 0 spiro atoms. The van der Waals surface area contributed by atoms with Gasteiger partial charge in [-0.1, -0.05) is 0 Å². The predicted molar refractivity (Wildman–Crippen MR) is 56.9 cm³/mol. The van der Waals surface area contributed by atoms with Gasteiger partial charge in [-0.3, -0.25) is 0 Å². The quantitative estimate of drug-likeness (QED) is 0.493. The first kappa shape index (κ1) is 12.7. The van der Waals surface area contributed by atoms with Crippen LogP contribution in [0.1, 0.15) is 6.23 Å². The molecule has 3 N–H and O–H groups in total. The van der Waals surface area contributed by atoms with Crippen molar-refractivity contribution in [2.24, 2.45) is 0 Å². The summed E-state index contributed by atoms with van der Waals surface area (Å²) in [5.74, 6) is 0. The molecule has 1 radical (unpaired) electrons. The first-order chi connectivity index (χ1) is 8.04. The molecule has 2 rings (SSSR count). The second kappa shape index (κ2) is 4.85. The van der Waals surface area contributed by atoms with Gasteiger partial charge in [-0.2, -0.15) is 0 Å². The van der Waals surface area contributed by atoms with E-state index in [-0.39, 0.29) is 4.72 Å². The fourth-order valence-electron chi connectivity index (χ4n) is 1.70. The van der Waals surface area contributed by atoms with E-state index in [4.69, 9.17) is 9.84 Å². The van der Waals surface area contributed by atoms with Crippen LogP contribution >= 0.6 is 0 Å². The van der Waals surface area contributed by atoms with E-state index in [1.54, 1.807) is 0 Å². The first-order valence-corrected chi connectivity index (χ1v) is 5.79. The van der Waals surface area contributed by atoms with Crippen molar-refractivity contribution >= 4 is 20.7 Å². The SMILES string of the molecule is O=c1ccn([C@@H]2O[C@H](CO)C(O)[C@@H]2O)c([Se])n1. The van der Waals surface area contributed by atoms with Gasteiger partial charge in [0.15, 0.2) is 0 Å². The van der Waals surface area contributed by atoms with E-state index < -0.39 is 36.7 Å². The predicted octanol–water partition coefficient (Wildman–Crippen LogP) is -3.35. The van der Waals surface area contributed by atoms with Gasteiger partial charge in [-0.15, -0.1) is 0 Å². The van der Waals surface area contributed by atoms with E-state index in [1.165, 1.54) is 16.8 Å². The Morgan fingerprint density at radius 2 is 2.18 bits per heavy atom. The van der Waals surface area contributed by atoms with Crippen LogP contribution in [0.2, 0.25) is 0 Å². The van der Waals surface area contributed by atoms with Crippen molar-refractivity contribution in [2.45, 2.75) is 24.5 Å². The molecule has 1 aromatic rings. The van der Waals surface area contributed by atoms with Gasteiger partial charge in [-0.05, 0) is 0 Å². The number of rotatable bonds is 2. The second-order valence-corrected chi connectivity index (χ2v) is 4.45. The van der Waals surface area contributed by atoms with Crippen molar-refractivity contribution in [3.05, 3.63) is 22.6 Å². The molecule has 93 valence electrons. The Morgan fingerprint density at radius 1 is 1.47 bits per heavy atom. The third kappa shape index (κ3) is 2.28. The number of aromatic nitrogens is 2. The van der Waals surface area contributed by atoms with Crippen LogP contribution in [0.15, 0.2) is 17.1 Å². The van der Waals surface area contributed by atoms with E-state index in [0.717, 1.165) is 0 Å². The molecule has 1 aliphatic heterocycles. The van der Waals surface area contributed by atoms with Crippen LogP contribution < -0.4 is 10.3 Å². The number of nitrogens with zero attached hydrogens (tertiary/aromatic N) is 2. The van der Waals surface area contributed by atoms with Crippen LogP contribution in [0, 0.1) is 0 Å². The van der Waals surface area contributed by atoms with Crippen molar-refractivity contribution in [1.82, 2.24) is 9.55 Å². The van der Waals surface area contributed by atoms with Gasteiger partial charge in [0, 0.05) is 0 Å². The van der Waals surface area contributed by atoms with Gasteiger partial charge in [0.1, 0.15) is 0 Å². The molecule has 1 aromatic heterocycles. The minimum atomic E-state index is -1.19. The summed E-state index contributed by atoms with van der Waals surface area (Å²) in [6.07, 6.45) is -2.70. The minimum absolute atomic E-state index is 0.243. The van der Waals surface area contributed by atoms with Crippen molar-refractivity contribution in [2.75, 3.05) is 6.61 Å². The molecule has 1 saturated heterocycles. The number of ether oxygens (including phenoxy) is 1. The third-order valence-corrected chi connectivity index (χ3v) is 3.23. The van der Waals surface area contributed by atoms with Gasteiger partial charge < -0.3 is 0 Å². The van der Waals surface area contributed by atoms with Crippen LogP contribution in [-0.4, -0.2) is 65.8 Å². The normalized spacial score (nSPS) is 32.9. The number of hydrogen-bond acceptors (Lipinski definition) is 6. The van der Waals surface area contributed by atoms with Gasteiger partial charge in [0.25, 0.3) is 0 Å². The summed E-state index contributed by atoms with van der Waals surface area (Å²) in [7, 11) is 0. The summed E-state index contributed by atoms with van der Waals surface area (Å²) >= 11 is 2.57. The van der Waals surface area contributed by atoms with Crippen LogP contribution in [0.3, 0.4) is 0 Å². The van der Waals surface area contributed by atoms with E-state index in [1.807, 2.05) is 0 Å². The monoisotopic (exact) mass is 307 g/mol. The van der Waals surface area contributed by atoms with Crippen LogP contribution in [0.25, 0.3) is 0 Å². The molecule has 2 heterocycles. The zero-order chi connectivity index (χ0) is 12.6. The molecule has 1 fully saturated rings. The summed E-state index contributed by atoms with van der Waals surface area (Å²) < 4.78 is 6.93. The molecular formula is C9H11N2O5Se. The van der Waals surface area contributed by atoms with Crippen LogP contribution in [0.5, 0.6) is 0 Å². The van der Waals surface area contributed by atoms with E-state index in [9.17, 15) is 15.0 Å². The average molecular weight is 306 g/mol. The topological polar surface area (TPSA) is 105 Å². The van der Waals surface area contributed by atoms with Gasteiger partial charge in [0.05, 0.1) is 0 Å². The van der Waals surface area contributed by atoms with E-state index in [0.29, 0.717) is 0 Å². The Labute approximate surface area is 104 Å². The fourth-order valence-corrected chi connectivity index (χ4v) is 2.24.